The molecule has 0 aliphatic heterocycles. The first kappa shape index (κ1) is 16.8. The van der Waals surface area contributed by atoms with Gasteiger partial charge in [0, 0.05) is 17.8 Å². The normalized spacial score (nSPS) is 14.5. The zero-order valence-electron chi connectivity index (χ0n) is 14.0. The van der Waals surface area contributed by atoms with Crippen LogP contribution in [0.3, 0.4) is 0 Å². The van der Waals surface area contributed by atoms with E-state index in [1.165, 1.54) is 35.5 Å². The first-order valence-corrected chi connectivity index (χ1v) is 9.20. The molecule has 0 fully saturated rings. The summed E-state index contributed by atoms with van der Waals surface area (Å²) >= 11 is 1.31. The average Bonchev–Trinajstić information content (AvgIpc) is 3.01. The minimum Gasteiger partial charge on any atom is -0.618 e. The van der Waals surface area contributed by atoms with Gasteiger partial charge < -0.3 is 10.5 Å². The van der Waals surface area contributed by atoms with Crippen LogP contribution in [0.25, 0.3) is 0 Å². The predicted molar refractivity (Wildman–Crippen MR) is 97.0 cm³/mol. The summed E-state index contributed by atoms with van der Waals surface area (Å²) < 4.78 is 0.808. The number of benzene rings is 1. The zero-order chi connectivity index (χ0) is 17.1. The summed E-state index contributed by atoms with van der Waals surface area (Å²) in [5.74, 6) is 0.0569. The van der Waals surface area contributed by atoms with Gasteiger partial charge in [0.1, 0.15) is 0 Å². The summed E-state index contributed by atoms with van der Waals surface area (Å²) in [7, 11) is 0. The minimum absolute atomic E-state index is 0.0585. The number of rotatable bonds is 5. The van der Waals surface area contributed by atoms with Crippen molar-refractivity contribution in [3.05, 3.63) is 58.9 Å². The number of thioether (sulfide) groups is 1. The summed E-state index contributed by atoms with van der Waals surface area (Å²) in [6.07, 6.45) is 4.86. The molecule has 3 rings (SSSR count). The lowest BCUT2D eigenvalue weighted by Gasteiger charge is -2.19. The molecule has 5 heteroatoms. The van der Waals surface area contributed by atoms with Crippen LogP contribution < -0.4 is 10.0 Å². The van der Waals surface area contributed by atoms with Crippen LogP contribution >= 0.6 is 11.8 Å². The van der Waals surface area contributed by atoms with E-state index in [-0.39, 0.29) is 17.1 Å². The van der Waals surface area contributed by atoms with E-state index in [0.29, 0.717) is 5.03 Å². The van der Waals surface area contributed by atoms with E-state index in [1.54, 1.807) is 12.1 Å². The maximum Gasteiger partial charge on any atom is 0.252 e. The van der Waals surface area contributed by atoms with Crippen molar-refractivity contribution in [3.63, 3.8) is 0 Å². The van der Waals surface area contributed by atoms with Crippen molar-refractivity contribution >= 4 is 23.4 Å². The van der Waals surface area contributed by atoms with Crippen molar-refractivity contribution in [2.24, 2.45) is 5.92 Å². The highest BCUT2D eigenvalue weighted by Gasteiger charge is 2.27. The SMILES string of the molecule is CC(C)C(Sc1cccc[n+]1[O-])C(=O)Nc1ccc2c(c1)CCC2. The summed E-state index contributed by atoms with van der Waals surface area (Å²) in [5, 5.41) is 15.1. The maximum absolute atomic E-state index is 12.7. The molecule has 1 heterocycles. The highest BCUT2D eigenvalue weighted by atomic mass is 32.2. The fourth-order valence-electron chi connectivity index (χ4n) is 2.99. The number of aryl methyl sites for hydroxylation is 2. The Balaban J connectivity index is 1.74. The van der Waals surface area contributed by atoms with Crippen LogP contribution in [0, 0.1) is 11.1 Å². The van der Waals surface area contributed by atoms with Gasteiger partial charge in [-0.1, -0.05) is 19.9 Å². The minimum atomic E-state index is -0.319. The van der Waals surface area contributed by atoms with Crippen LogP contribution in [0.15, 0.2) is 47.6 Å². The van der Waals surface area contributed by atoms with Crippen molar-refractivity contribution in [2.75, 3.05) is 5.32 Å². The lowest BCUT2D eigenvalue weighted by Crippen LogP contribution is -2.34. The third-order valence-corrected chi connectivity index (χ3v) is 5.84. The molecule has 0 saturated heterocycles. The maximum atomic E-state index is 12.7. The molecular formula is C19H22N2O2S. The summed E-state index contributed by atoms with van der Waals surface area (Å²) in [6.45, 7) is 4.00. The Kier molecular flexibility index (Phi) is 5.09. The first-order chi connectivity index (χ1) is 11.5. The Morgan fingerprint density at radius 3 is 2.75 bits per heavy atom. The highest BCUT2D eigenvalue weighted by molar-refractivity contribution is 8.00. The number of carbonyl (C=O) groups is 1. The van der Waals surface area contributed by atoms with Gasteiger partial charge in [0.25, 0.3) is 5.03 Å². The Morgan fingerprint density at radius 2 is 2.00 bits per heavy atom. The first-order valence-electron chi connectivity index (χ1n) is 8.32. The number of pyridine rings is 1. The molecule has 1 atom stereocenters. The Hall–Kier alpha value is -2.01. The average molecular weight is 342 g/mol. The molecule has 1 aromatic carbocycles. The Labute approximate surface area is 146 Å². The number of fused-ring (bicyclic) bond motifs is 1. The van der Waals surface area contributed by atoms with Gasteiger partial charge in [-0.2, -0.15) is 4.73 Å². The van der Waals surface area contributed by atoms with Crippen LogP contribution in [-0.2, 0) is 17.6 Å². The molecule has 0 radical (unpaired) electrons. The third kappa shape index (κ3) is 3.73. The molecule has 1 aliphatic rings. The lowest BCUT2D eigenvalue weighted by molar-refractivity contribution is -0.645. The number of hydrogen-bond donors (Lipinski definition) is 1. The molecule has 1 unspecified atom stereocenters. The smallest absolute Gasteiger partial charge is 0.252 e. The van der Waals surface area contributed by atoms with Gasteiger partial charge >= 0.3 is 0 Å². The molecule has 0 spiro atoms. The van der Waals surface area contributed by atoms with Crippen LogP contribution in [-0.4, -0.2) is 11.2 Å². The molecule has 24 heavy (non-hydrogen) atoms. The quantitative estimate of drug-likeness (QED) is 0.513. The molecule has 2 aromatic rings. The predicted octanol–water partition coefficient (Wildman–Crippen LogP) is 3.56. The summed E-state index contributed by atoms with van der Waals surface area (Å²) in [6, 6.07) is 11.4. The highest BCUT2D eigenvalue weighted by Crippen LogP contribution is 2.28. The number of carbonyl (C=O) groups excluding carboxylic acids is 1. The summed E-state index contributed by atoms with van der Waals surface area (Å²) in [5.41, 5.74) is 3.57. The van der Waals surface area contributed by atoms with Gasteiger partial charge in [-0.3, -0.25) is 4.79 Å². The van der Waals surface area contributed by atoms with Gasteiger partial charge in [0.2, 0.25) is 5.91 Å². The monoisotopic (exact) mass is 342 g/mol. The molecule has 126 valence electrons. The van der Waals surface area contributed by atoms with Crippen molar-refractivity contribution in [1.82, 2.24) is 0 Å². The lowest BCUT2D eigenvalue weighted by atomic mass is 10.1. The van der Waals surface area contributed by atoms with Crippen LogP contribution in [0.2, 0.25) is 0 Å². The molecule has 1 aliphatic carbocycles. The Bertz CT molecular complexity index is 746. The molecule has 1 N–H and O–H groups in total. The topological polar surface area (TPSA) is 56.0 Å². The third-order valence-electron chi connectivity index (χ3n) is 4.27. The number of aromatic nitrogens is 1. The van der Waals surface area contributed by atoms with Gasteiger partial charge in [-0.15, -0.1) is 0 Å². The summed E-state index contributed by atoms with van der Waals surface area (Å²) in [4.78, 5) is 12.7. The second-order valence-electron chi connectivity index (χ2n) is 6.47. The van der Waals surface area contributed by atoms with Crippen molar-refractivity contribution in [2.45, 2.75) is 43.4 Å². The number of anilines is 1. The standard InChI is InChI=1S/C19H22N2O2S/c1-13(2)18(24-17-8-3-4-11-21(17)23)19(22)20-16-10-9-14-6-5-7-15(14)12-16/h3-4,8-13,18H,5-7H2,1-2H3,(H,20,22). The van der Waals surface area contributed by atoms with E-state index in [2.05, 4.69) is 17.4 Å². The number of amides is 1. The van der Waals surface area contributed by atoms with Gasteiger partial charge in [-0.05, 0) is 66.3 Å². The fraction of sp³-hybridized carbons (Fsp3) is 0.368. The molecular weight excluding hydrogens is 320 g/mol. The second kappa shape index (κ2) is 7.26. The van der Waals surface area contributed by atoms with Crippen molar-refractivity contribution < 1.29 is 9.52 Å². The van der Waals surface area contributed by atoms with E-state index in [0.717, 1.165) is 23.3 Å². The molecule has 1 amide bonds. The molecule has 1 aromatic heterocycles. The van der Waals surface area contributed by atoms with Crippen molar-refractivity contribution in [1.29, 1.82) is 0 Å². The van der Waals surface area contributed by atoms with E-state index in [9.17, 15) is 10.0 Å². The molecule has 0 saturated carbocycles. The van der Waals surface area contributed by atoms with E-state index in [1.807, 2.05) is 26.0 Å². The van der Waals surface area contributed by atoms with Gasteiger partial charge in [0.15, 0.2) is 6.20 Å². The zero-order valence-corrected chi connectivity index (χ0v) is 14.8. The van der Waals surface area contributed by atoms with E-state index in [4.69, 9.17) is 0 Å². The van der Waals surface area contributed by atoms with Crippen LogP contribution in [0.5, 0.6) is 0 Å². The van der Waals surface area contributed by atoms with E-state index >= 15 is 0 Å². The van der Waals surface area contributed by atoms with Gasteiger partial charge in [0.05, 0.1) is 5.25 Å². The Morgan fingerprint density at radius 1 is 1.21 bits per heavy atom. The van der Waals surface area contributed by atoms with Crippen LogP contribution in [0.1, 0.15) is 31.4 Å². The number of hydrogen-bond acceptors (Lipinski definition) is 3. The molecule has 0 bridgehead atoms. The number of nitrogens with zero attached hydrogens (tertiary/aromatic N) is 1. The molecule has 4 nitrogen and oxygen atoms in total. The second-order valence-corrected chi connectivity index (χ2v) is 7.64. The van der Waals surface area contributed by atoms with Gasteiger partial charge in [-0.25, -0.2) is 0 Å². The fourth-order valence-corrected chi connectivity index (χ4v) is 4.01. The van der Waals surface area contributed by atoms with Crippen LogP contribution in [0.4, 0.5) is 5.69 Å². The van der Waals surface area contributed by atoms with E-state index < -0.39 is 0 Å². The number of nitrogens with one attached hydrogen (secondary N) is 1. The largest absolute Gasteiger partial charge is 0.618 e. The van der Waals surface area contributed by atoms with Crippen molar-refractivity contribution in [3.8, 4) is 0 Å².